The summed E-state index contributed by atoms with van der Waals surface area (Å²) in [4.78, 5) is 42.6. The molecule has 0 aliphatic rings. The molecule has 0 spiro atoms. The molecule has 0 N–H and O–H groups in total. The third kappa shape index (κ3) is 3.45. The van der Waals surface area contributed by atoms with Gasteiger partial charge in [0.15, 0.2) is 11.2 Å². The van der Waals surface area contributed by atoms with Gasteiger partial charge in [0.25, 0.3) is 5.56 Å². The van der Waals surface area contributed by atoms with Gasteiger partial charge in [0.2, 0.25) is 5.95 Å². The maximum absolute atomic E-state index is 13.4. The van der Waals surface area contributed by atoms with Crippen LogP contribution in [0.3, 0.4) is 0 Å². The van der Waals surface area contributed by atoms with Crippen LogP contribution in [0.15, 0.2) is 46.0 Å². The average Bonchev–Trinajstić information content (AvgIpc) is 3.29. The number of methoxy groups -OCH3 is 1. The third-order valence-corrected chi connectivity index (χ3v) is 5.11. The van der Waals surface area contributed by atoms with Gasteiger partial charge in [0, 0.05) is 12.7 Å². The van der Waals surface area contributed by atoms with Crippen LogP contribution in [0, 0.1) is 13.8 Å². The van der Waals surface area contributed by atoms with Crippen molar-refractivity contribution in [3.8, 4) is 5.95 Å². The quantitative estimate of drug-likeness (QED) is 0.443. The Bertz CT molecular complexity index is 1410. The number of imidazole rings is 1. The maximum Gasteiger partial charge on any atom is 0.333 e. The molecular formula is C21H22N6O4. The van der Waals surface area contributed by atoms with Crippen molar-refractivity contribution in [3.05, 3.63) is 74.2 Å². The fourth-order valence-corrected chi connectivity index (χ4v) is 3.60. The molecule has 31 heavy (non-hydrogen) atoms. The van der Waals surface area contributed by atoms with E-state index in [1.165, 1.54) is 18.7 Å². The van der Waals surface area contributed by atoms with Crippen LogP contribution in [0.1, 0.15) is 17.0 Å². The molecule has 0 aliphatic carbocycles. The molecule has 3 heterocycles. The molecule has 0 radical (unpaired) electrons. The molecule has 1 aromatic carbocycles. The number of carbonyl (C=O) groups is 1. The summed E-state index contributed by atoms with van der Waals surface area (Å²) in [5.41, 5.74) is 1.74. The molecule has 0 atom stereocenters. The van der Waals surface area contributed by atoms with Gasteiger partial charge in [-0.1, -0.05) is 30.3 Å². The zero-order valence-corrected chi connectivity index (χ0v) is 17.7. The Morgan fingerprint density at radius 2 is 1.81 bits per heavy atom. The first-order valence-electron chi connectivity index (χ1n) is 9.66. The molecule has 3 aromatic heterocycles. The number of aromatic nitrogens is 6. The Balaban J connectivity index is 2.07. The zero-order valence-electron chi connectivity index (χ0n) is 17.7. The van der Waals surface area contributed by atoms with Gasteiger partial charge >= 0.3 is 11.7 Å². The van der Waals surface area contributed by atoms with Gasteiger partial charge in [-0.2, -0.15) is 10.1 Å². The number of ether oxygens (including phenoxy) is 1. The summed E-state index contributed by atoms with van der Waals surface area (Å²) in [6.45, 7) is 3.61. The lowest BCUT2D eigenvalue weighted by atomic mass is 10.2. The lowest BCUT2D eigenvalue weighted by Gasteiger charge is -2.11. The van der Waals surface area contributed by atoms with Crippen LogP contribution in [0.4, 0.5) is 0 Å². The van der Waals surface area contributed by atoms with E-state index in [-0.39, 0.29) is 11.2 Å². The van der Waals surface area contributed by atoms with Crippen molar-refractivity contribution in [2.75, 3.05) is 7.11 Å². The highest BCUT2D eigenvalue weighted by Gasteiger charge is 2.23. The Labute approximate surface area is 176 Å². The van der Waals surface area contributed by atoms with Crippen LogP contribution >= 0.6 is 0 Å². The number of rotatable bonds is 5. The number of benzene rings is 1. The Kier molecular flexibility index (Phi) is 5.05. The van der Waals surface area contributed by atoms with Gasteiger partial charge in [-0.25, -0.2) is 14.0 Å². The summed E-state index contributed by atoms with van der Waals surface area (Å²) < 4.78 is 10.1. The van der Waals surface area contributed by atoms with Crippen molar-refractivity contribution in [3.63, 3.8) is 0 Å². The Morgan fingerprint density at radius 1 is 1.10 bits per heavy atom. The van der Waals surface area contributed by atoms with Gasteiger partial charge in [-0.15, -0.1) is 0 Å². The van der Waals surface area contributed by atoms with Crippen LogP contribution in [-0.4, -0.2) is 41.5 Å². The number of hydrogen-bond donors (Lipinski definition) is 0. The number of fused-ring (bicyclic) bond motifs is 1. The van der Waals surface area contributed by atoms with Gasteiger partial charge in [0.1, 0.15) is 6.54 Å². The summed E-state index contributed by atoms with van der Waals surface area (Å²) in [5.74, 6) is -0.279. The summed E-state index contributed by atoms with van der Waals surface area (Å²) in [5, 5.41) is 4.51. The fourth-order valence-electron chi connectivity index (χ4n) is 3.60. The van der Waals surface area contributed by atoms with Gasteiger partial charge < -0.3 is 4.74 Å². The van der Waals surface area contributed by atoms with Gasteiger partial charge in [-0.05, 0) is 25.5 Å². The van der Waals surface area contributed by atoms with Crippen molar-refractivity contribution in [1.82, 2.24) is 28.5 Å². The number of esters is 1. The van der Waals surface area contributed by atoms with E-state index in [4.69, 9.17) is 0 Å². The van der Waals surface area contributed by atoms with E-state index in [2.05, 4.69) is 14.8 Å². The highest BCUT2D eigenvalue weighted by atomic mass is 16.5. The van der Waals surface area contributed by atoms with Crippen molar-refractivity contribution in [1.29, 1.82) is 0 Å². The molecule has 4 aromatic rings. The largest absolute Gasteiger partial charge is 0.468 e. The van der Waals surface area contributed by atoms with Crippen LogP contribution in [0.25, 0.3) is 17.1 Å². The molecule has 0 saturated heterocycles. The zero-order chi connectivity index (χ0) is 22.3. The molecule has 0 unspecified atom stereocenters. The second kappa shape index (κ2) is 7.71. The molecule has 160 valence electrons. The van der Waals surface area contributed by atoms with E-state index in [1.54, 1.807) is 9.25 Å². The van der Waals surface area contributed by atoms with Gasteiger partial charge in [0.05, 0.1) is 19.3 Å². The summed E-state index contributed by atoms with van der Waals surface area (Å²) >= 11 is 0. The normalized spacial score (nSPS) is 11.2. The number of hydrogen-bond acceptors (Lipinski definition) is 6. The predicted octanol–water partition coefficient (Wildman–Crippen LogP) is 0.921. The summed E-state index contributed by atoms with van der Waals surface area (Å²) in [6.07, 6.45) is 0. The first-order valence-corrected chi connectivity index (χ1v) is 9.66. The molecule has 0 bridgehead atoms. The van der Waals surface area contributed by atoms with E-state index in [9.17, 15) is 14.4 Å². The van der Waals surface area contributed by atoms with E-state index in [0.717, 1.165) is 21.5 Å². The average molecular weight is 422 g/mol. The molecule has 0 fully saturated rings. The third-order valence-electron chi connectivity index (χ3n) is 5.11. The monoisotopic (exact) mass is 422 g/mol. The molecule has 10 heteroatoms. The van der Waals surface area contributed by atoms with Crippen molar-refractivity contribution in [2.45, 2.75) is 26.9 Å². The minimum atomic E-state index is -0.688. The number of nitrogens with zero attached hydrogens (tertiary/aromatic N) is 6. The summed E-state index contributed by atoms with van der Waals surface area (Å²) in [7, 11) is 2.72. The van der Waals surface area contributed by atoms with Crippen LogP contribution in [0.2, 0.25) is 0 Å². The lowest BCUT2D eigenvalue weighted by molar-refractivity contribution is -0.141. The molecular weight excluding hydrogens is 400 g/mol. The first kappa shape index (κ1) is 20.3. The standard InChI is InChI=1S/C21H22N6O4/c1-13-10-14(2)27(23-13)20-22-18-17(25(20)11-15-8-6-5-7-9-15)19(29)26(12-16(28)31-4)21(30)24(18)3/h5-10H,11-12H2,1-4H3. The Morgan fingerprint density at radius 3 is 2.42 bits per heavy atom. The minimum absolute atomic E-state index is 0.206. The van der Waals surface area contributed by atoms with Crippen LogP contribution in [-0.2, 0) is 29.7 Å². The highest BCUT2D eigenvalue weighted by Crippen LogP contribution is 2.19. The first-order chi connectivity index (χ1) is 14.8. The SMILES string of the molecule is COC(=O)Cn1c(=O)c2c(nc(-n3nc(C)cc3C)n2Cc2ccccc2)n(C)c1=O. The molecule has 10 nitrogen and oxygen atoms in total. The predicted molar refractivity (Wildman–Crippen MR) is 113 cm³/mol. The Hall–Kier alpha value is -3.95. The van der Waals surface area contributed by atoms with E-state index >= 15 is 0 Å². The smallest absolute Gasteiger partial charge is 0.333 e. The molecule has 0 saturated carbocycles. The second-order valence-electron chi connectivity index (χ2n) is 7.30. The van der Waals surface area contributed by atoms with Crippen molar-refractivity contribution in [2.24, 2.45) is 7.05 Å². The van der Waals surface area contributed by atoms with Crippen LogP contribution in [0.5, 0.6) is 0 Å². The highest BCUT2D eigenvalue weighted by molar-refractivity contribution is 5.74. The van der Waals surface area contributed by atoms with Crippen LogP contribution < -0.4 is 11.2 Å². The molecule has 4 rings (SSSR count). The van der Waals surface area contributed by atoms with Crippen molar-refractivity contribution >= 4 is 17.1 Å². The maximum atomic E-state index is 13.4. The van der Waals surface area contributed by atoms with Gasteiger partial charge in [-0.3, -0.25) is 18.7 Å². The topological polar surface area (TPSA) is 106 Å². The molecule has 0 amide bonds. The van der Waals surface area contributed by atoms with E-state index < -0.39 is 23.8 Å². The number of carbonyl (C=O) groups excluding carboxylic acids is 1. The van der Waals surface area contributed by atoms with E-state index in [0.29, 0.717) is 12.5 Å². The van der Waals surface area contributed by atoms with E-state index in [1.807, 2.05) is 50.2 Å². The second-order valence-corrected chi connectivity index (χ2v) is 7.30. The summed E-state index contributed by atoms with van der Waals surface area (Å²) in [6, 6.07) is 11.5. The molecule has 0 aliphatic heterocycles. The minimum Gasteiger partial charge on any atom is -0.468 e. The fraction of sp³-hybridized carbons (Fsp3) is 0.286. The van der Waals surface area contributed by atoms with Crippen molar-refractivity contribution < 1.29 is 9.53 Å². The number of aryl methyl sites for hydroxylation is 3. The lowest BCUT2D eigenvalue weighted by Crippen LogP contribution is -2.41.